The Labute approximate surface area is 113 Å². The summed E-state index contributed by atoms with van der Waals surface area (Å²) < 4.78 is 5.31. The Balaban J connectivity index is 1.91. The summed E-state index contributed by atoms with van der Waals surface area (Å²) in [5.74, 6) is 0.424. The zero-order valence-corrected chi connectivity index (χ0v) is 10.7. The van der Waals surface area contributed by atoms with E-state index >= 15 is 0 Å². The summed E-state index contributed by atoms with van der Waals surface area (Å²) in [5.41, 5.74) is 0.721. The third-order valence-corrected chi connectivity index (χ3v) is 3.56. The Hall–Kier alpha value is -1.56. The number of thiophene rings is 1. The first-order valence-corrected chi connectivity index (χ1v) is 6.52. The molecule has 2 aromatic rings. The molecule has 1 atom stereocenters. The lowest BCUT2D eigenvalue weighted by Gasteiger charge is -2.16. The Kier molecular flexibility index (Phi) is 2.95. The van der Waals surface area contributed by atoms with Crippen molar-refractivity contribution < 1.29 is 9.84 Å². The normalized spacial score (nSPS) is 18.7. The van der Waals surface area contributed by atoms with E-state index in [1.165, 1.54) is 16.3 Å². The molecule has 0 bridgehead atoms. The highest BCUT2D eigenvalue weighted by molar-refractivity contribution is 7.12. The zero-order valence-electron chi connectivity index (χ0n) is 9.15. The summed E-state index contributed by atoms with van der Waals surface area (Å²) in [5, 5.41) is 18.1. The molecule has 0 radical (unpaired) electrons. The number of benzene rings is 1. The van der Waals surface area contributed by atoms with E-state index in [0.29, 0.717) is 10.9 Å². The standard InChI is InChI=1S/C12H9ClN2O2S/c13-8-3-5-9(6-4-8)15-12(16)17-11(14-15)10-2-1-7-18-10/h1-7,12,16H. The highest BCUT2D eigenvalue weighted by Gasteiger charge is 2.28. The lowest BCUT2D eigenvalue weighted by atomic mass is 10.3. The van der Waals surface area contributed by atoms with E-state index in [1.54, 1.807) is 24.3 Å². The molecule has 0 aliphatic carbocycles. The zero-order chi connectivity index (χ0) is 12.5. The van der Waals surface area contributed by atoms with Gasteiger partial charge in [-0.25, -0.2) is 0 Å². The molecule has 0 spiro atoms. The van der Waals surface area contributed by atoms with Crippen molar-refractivity contribution in [1.82, 2.24) is 0 Å². The Morgan fingerprint density at radius 3 is 2.72 bits per heavy atom. The van der Waals surface area contributed by atoms with Crippen molar-refractivity contribution >= 4 is 34.5 Å². The van der Waals surface area contributed by atoms with Crippen LogP contribution in [0.1, 0.15) is 4.88 Å². The van der Waals surface area contributed by atoms with Gasteiger partial charge in [0.1, 0.15) is 0 Å². The van der Waals surface area contributed by atoms with E-state index < -0.39 is 6.41 Å². The van der Waals surface area contributed by atoms with Gasteiger partial charge in [0.25, 0.3) is 5.90 Å². The van der Waals surface area contributed by atoms with E-state index in [4.69, 9.17) is 16.3 Å². The van der Waals surface area contributed by atoms with Gasteiger partial charge in [0.2, 0.25) is 0 Å². The van der Waals surface area contributed by atoms with Gasteiger partial charge in [0.15, 0.2) is 0 Å². The van der Waals surface area contributed by atoms with E-state index in [1.807, 2.05) is 17.5 Å². The smallest absolute Gasteiger partial charge is 0.302 e. The van der Waals surface area contributed by atoms with Crippen LogP contribution in [0.4, 0.5) is 5.69 Å². The number of aliphatic hydroxyl groups excluding tert-OH is 1. The van der Waals surface area contributed by atoms with Crippen LogP contribution in [0.15, 0.2) is 46.9 Å². The predicted molar refractivity (Wildman–Crippen MR) is 71.9 cm³/mol. The maximum absolute atomic E-state index is 9.84. The predicted octanol–water partition coefficient (Wildman–Crippen LogP) is 2.88. The molecule has 3 rings (SSSR count). The number of halogens is 1. The molecule has 6 heteroatoms. The average Bonchev–Trinajstić information content (AvgIpc) is 2.99. The highest BCUT2D eigenvalue weighted by atomic mass is 35.5. The lowest BCUT2D eigenvalue weighted by Crippen LogP contribution is -2.27. The minimum absolute atomic E-state index is 0.424. The third kappa shape index (κ3) is 2.08. The minimum Gasteiger partial charge on any atom is -0.425 e. The van der Waals surface area contributed by atoms with Gasteiger partial charge >= 0.3 is 6.41 Å². The molecular weight excluding hydrogens is 272 g/mol. The second kappa shape index (κ2) is 4.61. The van der Waals surface area contributed by atoms with Crippen LogP contribution >= 0.6 is 22.9 Å². The third-order valence-electron chi connectivity index (χ3n) is 2.45. The Morgan fingerprint density at radius 2 is 2.06 bits per heavy atom. The van der Waals surface area contributed by atoms with Crippen LogP contribution in [0, 0.1) is 0 Å². The van der Waals surface area contributed by atoms with Gasteiger partial charge in [0.05, 0.1) is 10.6 Å². The number of hydrogen-bond donors (Lipinski definition) is 1. The van der Waals surface area contributed by atoms with Crippen LogP contribution < -0.4 is 5.01 Å². The van der Waals surface area contributed by atoms with Crippen LogP contribution in [-0.4, -0.2) is 17.4 Å². The van der Waals surface area contributed by atoms with E-state index in [9.17, 15) is 5.11 Å². The van der Waals surface area contributed by atoms with E-state index in [2.05, 4.69) is 5.10 Å². The van der Waals surface area contributed by atoms with Gasteiger partial charge in [-0.1, -0.05) is 17.7 Å². The molecule has 0 fully saturated rings. The summed E-state index contributed by atoms with van der Waals surface area (Å²) in [6.45, 7) is 0. The lowest BCUT2D eigenvalue weighted by molar-refractivity contribution is -0.0111. The first kappa shape index (κ1) is 11.5. The molecular formula is C12H9ClN2O2S. The number of hydrazone groups is 1. The summed E-state index contributed by atoms with van der Waals surface area (Å²) in [6.07, 6.45) is -1.11. The van der Waals surface area contributed by atoms with Crippen LogP contribution in [0.5, 0.6) is 0 Å². The van der Waals surface area contributed by atoms with Crippen molar-refractivity contribution in [3.63, 3.8) is 0 Å². The summed E-state index contributed by atoms with van der Waals surface area (Å²) in [4.78, 5) is 0.880. The molecule has 0 amide bonds. The van der Waals surface area contributed by atoms with Crippen molar-refractivity contribution in [3.8, 4) is 0 Å². The second-order valence-corrected chi connectivity index (χ2v) is 5.03. The van der Waals surface area contributed by atoms with Crippen molar-refractivity contribution in [2.75, 3.05) is 5.01 Å². The molecule has 18 heavy (non-hydrogen) atoms. The minimum atomic E-state index is -1.11. The number of anilines is 1. The van der Waals surface area contributed by atoms with Crippen LogP contribution in [0.2, 0.25) is 5.02 Å². The average molecular weight is 281 g/mol. The van der Waals surface area contributed by atoms with Crippen LogP contribution in [0.25, 0.3) is 0 Å². The number of nitrogens with zero attached hydrogens (tertiary/aromatic N) is 2. The monoisotopic (exact) mass is 280 g/mol. The summed E-state index contributed by atoms with van der Waals surface area (Å²) >= 11 is 7.33. The van der Waals surface area contributed by atoms with Gasteiger partial charge < -0.3 is 9.84 Å². The van der Waals surface area contributed by atoms with Gasteiger partial charge in [-0.3, -0.25) is 0 Å². The molecule has 0 saturated carbocycles. The van der Waals surface area contributed by atoms with Crippen molar-refractivity contribution in [1.29, 1.82) is 0 Å². The first-order chi connectivity index (χ1) is 8.74. The fourth-order valence-corrected chi connectivity index (χ4v) is 2.38. The summed E-state index contributed by atoms with van der Waals surface area (Å²) in [7, 11) is 0. The van der Waals surface area contributed by atoms with E-state index in [0.717, 1.165) is 10.6 Å². The quantitative estimate of drug-likeness (QED) is 0.920. The van der Waals surface area contributed by atoms with Gasteiger partial charge in [-0.05, 0) is 35.7 Å². The SMILES string of the molecule is OC1OC(c2cccs2)=NN1c1ccc(Cl)cc1. The molecule has 2 heterocycles. The van der Waals surface area contributed by atoms with Crippen molar-refractivity contribution in [2.45, 2.75) is 6.41 Å². The fraction of sp³-hybridized carbons (Fsp3) is 0.0833. The van der Waals surface area contributed by atoms with Crippen LogP contribution in [-0.2, 0) is 4.74 Å². The van der Waals surface area contributed by atoms with Gasteiger partial charge in [-0.2, -0.15) is 5.01 Å². The number of ether oxygens (including phenoxy) is 1. The van der Waals surface area contributed by atoms with Gasteiger partial charge in [-0.15, -0.1) is 16.4 Å². The molecule has 0 saturated heterocycles. The number of aliphatic hydroxyl groups is 1. The van der Waals surface area contributed by atoms with Gasteiger partial charge in [0, 0.05) is 5.02 Å². The topological polar surface area (TPSA) is 45.1 Å². The molecule has 1 N–H and O–H groups in total. The van der Waals surface area contributed by atoms with Crippen LogP contribution in [0.3, 0.4) is 0 Å². The van der Waals surface area contributed by atoms with E-state index in [-0.39, 0.29) is 0 Å². The number of rotatable bonds is 2. The fourth-order valence-electron chi connectivity index (χ4n) is 1.61. The molecule has 1 unspecified atom stereocenters. The molecule has 4 nitrogen and oxygen atoms in total. The second-order valence-electron chi connectivity index (χ2n) is 3.65. The number of hydrogen-bond acceptors (Lipinski definition) is 5. The molecule has 1 aliphatic rings. The molecule has 1 aromatic carbocycles. The Bertz CT molecular complexity index is 568. The Morgan fingerprint density at radius 1 is 1.28 bits per heavy atom. The first-order valence-electron chi connectivity index (χ1n) is 5.26. The van der Waals surface area contributed by atoms with Crippen molar-refractivity contribution in [2.24, 2.45) is 5.10 Å². The molecule has 1 aliphatic heterocycles. The summed E-state index contributed by atoms with van der Waals surface area (Å²) in [6, 6.07) is 10.8. The van der Waals surface area contributed by atoms with Crippen molar-refractivity contribution in [3.05, 3.63) is 51.7 Å². The largest absolute Gasteiger partial charge is 0.425 e. The molecule has 1 aromatic heterocycles. The molecule has 92 valence electrons. The maximum atomic E-state index is 9.84. The maximum Gasteiger partial charge on any atom is 0.302 e. The highest BCUT2D eigenvalue weighted by Crippen LogP contribution is 2.26.